The highest BCUT2D eigenvalue weighted by Gasteiger charge is 2.12. The highest BCUT2D eigenvalue weighted by atomic mass is 16.1. The monoisotopic (exact) mass is 261 g/mol. The van der Waals surface area contributed by atoms with E-state index in [1.807, 2.05) is 30.3 Å². The molecule has 0 unspecified atom stereocenters. The molecule has 2 heteroatoms. The number of carbonyl (C=O) groups is 1. The van der Waals surface area contributed by atoms with Gasteiger partial charge in [0.05, 0.1) is 0 Å². The van der Waals surface area contributed by atoms with E-state index in [1.165, 1.54) is 19.3 Å². The molecule has 0 saturated heterocycles. The van der Waals surface area contributed by atoms with Gasteiger partial charge >= 0.3 is 0 Å². The van der Waals surface area contributed by atoms with Crippen LogP contribution in [0.1, 0.15) is 56.8 Å². The van der Waals surface area contributed by atoms with Crippen LogP contribution in [0.4, 0.5) is 0 Å². The molecule has 0 N–H and O–H groups in total. The summed E-state index contributed by atoms with van der Waals surface area (Å²) in [4.78, 5) is 14.5. The molecule has 0 saturated carbocycles. The van der Waals surface area contributed by atoms with Gasteiger partial charge in [-0.3, -0.25) is 4.79 Å². The number of nitrogens with zero attached hydrogens (tertiary/aromatic N) is 1. The number of unbranched alkanes of at least 4 members (excludes halogenated alkanes) is 2. The van der Waals surface area contributed by atoms with Crippen molar-refractivity contribution in [2.24, 2.45) is 0 Å². The fourth-order valence-electron chi connectivity index (χ4n) is 2.21. The zero-order chi connectivity index (χ0) is 14.1. The molecule has 0 aliphatic carbocycles. The standard InChI is InChI=1S/C17H27NO/c1-4-5-9-13-18(15(2)3)14-12-17(19)16-10-7-6-8-11-16/h6-8,10-11,15H,4-5,9,12-14H2,1-3H3. The number of Topliss-reactive ketones (excluding diaryl/α,β-unsaturated/α-hetero) is 1. The van der Waals surface area contributed by atoms with Crippen LogP contribution in [0.5, 0.6) is 0 Å². The molecule has 0 spiro atoms. The molecule has 1 aromatic rings. The lowest BCUT2D eigenvalue weighted by Crippen LogP contribution is -2.33. The van der Waals surface area contributed by atoms with Crippen molar-refractivity contribution >= 4 is 5.78 Å². The van der Waals surface area contributed by atoms with Crippen molar-refractivity contribution in [2.45, 2.75) is 52.5 Å². The van der Waals surface area contributed by atoms with Crippen LogP contribution in [-0.2, 0) is 0 Å². The van der Waals surface area contributed by atoms with Crippen molar-refractivity contribution in [3.8, 4) is 0 Å². The Morgan fingerprint density at radius 3 is 2.37 bits per heavy atom. The van der Waals surface area contributed by atoms with Crippen LogP contribution in [0.2, 0.25) is 0 Å². The quantitative estimate of drug-likeness (QED) is 0.491. The minimum atomic E-state index is 0.252. The molecular weight excluding hydrogens is 234 g/mol. The van der Waals surface area contributed by atoms with Crippen LogP contribution in [0, 0.1) is 0 Å². The molecule has 0 heterocycles. The molecule has 0 amide bonds. The number of rotatable bonds is 9. The highest BCUT2D eigenvalue weighted by molar-refractivity contribution is 5.96. The minimum absolute atomic E-state index is 0.252. The first-order valence-electron chi connectivity index (χ1n) is 7.47. The molecular formula is C17H27NO. The summed E-state index contributed by atoms with van der Waals surface area (Å²) in [6.07, 6.45) is 4.37. The van der Waals surface area contributed by atoms with Gasteiger partial charge in [-0.25, -0.2) is 0 Å². The molecule has 1 aromatic carbocycles. The molecule has 19 heavy (non-hydrogen) atoms. The smallest absolute Gasteiger partial charge is 0.164 e. The van der Waals surface area contributed by atoms with Crippen LogP contribution in [-0.4, -0.2) is 29.8 Å². The second-order valence-corrected chi connectivity index (χ2v) is 5.38. The molecule has 0 bridgehead atoms. The topological polar surface area (TPSA) is 20.3 Å². The predicted molar refractivity (Wildman–Crippen MR) is 81.6 cm³/mol. The zero-order valence-corrected chi connectivity index (χ0v) is 12.6. The maximum atomic E-state index is 12.1. The van der Waals surface area contributed by atoms with Crippen molar-refractivity contribution in [1.29, 1.82) is 0 Å². The number of carbonyl (C=O) groups excluding carboxylic acids is 1. The lowest BCUT2D eigenvalue weighted by Gasteiger charge is -2.26. The van der Waals surface area contributed by atoms with Crippen LogP contribution in [0.3, 0.4) is 0 Å². The summed E-state index contributed by atoms with van der Waals surface area (Å²) in [5, 5.41) is 0. The Bertz CT molecular complexity index is 359. The van der Waals surface area contributed by atoms with Crippen molar-refractivity contribution in [1.82, 2.24) is 4.90 Å². The average molecular weight is 261 g/mol. The van der Waals surface area contributed by atoms with Crippen molar-refractivity contribution in [2.75, 3.05) is 13.1 Å². The van der Waals surface area contributed by atoms with Gasteiger partial charge in [-0.15, -0.1) is 0 Å². The van der Waals surface area contributed by atoms with E-state index in [9.17, 15) is 4.79 Å². The first-order valence-corrected chi connectivity index (χ1v) is 7.47. The van der Waals surface area contributed by atoms with Crippen LogP contribution in [0.15, 0.2) is 30.3 Å². The molecule has 106 valence electrons. The summed E-state index contributed by atoms with van der Waals surface area (Å²) in [5.41, 5.74) is 0.833. The summed E-state index contributed by atoms with van der Waals surface area (Å²) in [5.74, 6) is 0.252. The second kappa shape index (κ2) is 8.87. The normalized spacial score (nSPS) is 11.2. The maximum absolute atomic E-state index is 12.1. The largest absolute Gasteiger partial charge is 0.300 e. The number of benzene rings is 1. The lowest BCUT2D eigenvalue weighted by atomic mass is 10.1. The molecule has 0 aliphatic rings. The van der Waals surface area contributed by atoms with Gasteiger partial charge in [-0.05, 0) is 26.8 Å². The summed E-state index contributed by atoms with van der Waals surface area (Å²) in [6, 6.07) is 10.1. The molecule has 0 fully saturated rings. The van der Waals surface area contributed by atoms with Crippen molar-refractivity contribution < 1.29 is 4.79 Å². The third kappa shape index (κ3) is 6.02. The van der Waals surface area contributed by atoms with Gasteiger partial charge in [0.15, 0.2) is 5.78 Å². The Kier molecular flexibility index (Phi) is 7.42. The second-order valence-electron chi connectivity index (χ2n) is 5.38. The summed E-state index contributed by atoms with van der Waals surface area (Å²) in [6.45, 7) is 8.61. The van der Waals surface area contributed by atoms with Gasteiger partial charge in [0.2, 0.25) is 0 Å². The van der Waals surface area contributed by atoms with Crippen molar-refractivity contribution in [3.63, 3.8) is 0 Å². The number of hydrogen-bond acceptors (Lipinski definition) is 2. The first-order chi connectivity index (χ1) is 9.15. The predicted octanol–water partition coefficient (Wildman–Crippen LogP) is 4.16. The lowest BCUT2D eigenvalue weighted by molar-refractivity contribution is 0.0955. The van der Waals surface area contributed by atoms with Gasteiger partial charge in [0.25, 0.3) is 0 Å². The van der Waals surface area contributed by atoms with E-state index < -0.39 is 0 Å². The van der Waals surface area contributed by atoms with E-state index in [0.717, 1.165) is 18.7 Å². The van der Waals surface area contributed by atoms with E-state index >= 15 is 0 Å². The van der Waals surface area contributed by atoms with Crippen LogP contribution >= 0.6 is 0 Å². The number of ketones is 1. The molecule has 2 nitrogen and oxygen atoms in total. The van der Waals surface area contributed by atoms with E-state index in [-0.39, 0.29) is 5.78 Å². The van der Waals surface area contributed by atoms with Crippen molar-refractivity contribution in [3.05, 3.63) is 35.9 Å². The Morgan fingerprint density at radius 2 is 1.79 bits per heavy atom. The summed E-state index contributed by atoms with van der Waals surface area (Å²) < 4.78 is 0. The fourth-order valence-corrected chi connectivity index (χ4v) is 2.21. The van der Waals surface area contributed by atoms with Gasteiger partial charge in [-0.2, -0.15) is 0 Å². The Balaban J connectivity index is 2.41. The van der Waals surface area contributed by atoms with E-state index in [2.05, 4.69) is 25.7 Å². The van der Waals surface area contributed by atoms with E-state index in [0.29, 0.717) is 12.5 Å². The Labute approximate surface area is 117 Å². The maximum Gasteiger partial charge on any atom is 0.164 e. The SMILES string of the molecule is CCCCCN(CCC(=O)c1ccccc1)C(C)C. The fraction of sp³-hybridized carbons (Fsp3) is 0.588. The zero-order valence-electron chi connectivity index (χ0n) is 12.6. The number of hydrogen-bond donors (Lipinski definition) is 0. The molecule has 1 rings (SSSR count). The molecule has 0 aromatic heterocycles. The summed E-state index contributed by atoms with van der Waals surface area (Å²) in [7, 11) is 0. The van der Waals surface area contributed by atoms with Gasteiger partial charge in [0.1, 0.15) is 0 Å². The first kappa shape index (κ1) is 15.9. The average Bonchev–Trinajstić information content (AvgIpc) is 2.43. The van der Waals surface area contributed by atoms with Crippen LogP contribution < -0.4 is 0 Å². The van der Waals surface area contributed by atoms with Gasteiger partial charge in [0, 0.05) is 24.6 Å². The third-order valence-corrected chi connectivity index (χ3v) is 3.50. The Hall–Kier alpha value is -1.15. The Morgan fingerprint density at radius 1 is 1.11 bits per heavy atom. The van der Waals surface area contributed by atoms with Gasteiger partial charge in [-0.1, -0.05) is 50.1 Å². The molecule has 0 aliphatic heterocycles. The van der Waals surface area contributed by atoms with E-state index in [1.54, 1.807) is 0 Å². The highest BCUT2D eigenvalue weighted by Crippen LogP contribution is 2.08. The van der Waals surface area contributed by atoms with E-state index in [4.69, 9.17) is 0 Å². The van der Waals surface area contributed by atoms with Crippen LogP contribution in [0.25, 0.3) is 0 Å². The third-order valence-electron chi connectivity index (χ3n) is 3.50. The minimum Gasteiger partial charge on any atom is -0.300 e. The molecule has 0 radical (unpaired) electrons. The van der Waals surface area contributed by atoms with Gasteiger partial charge < -0.3 is 4.90 Å². The molecule has 0 atom stereocenters. The summed E-state index contributed by atoms with van der Waals surface area (Å²) >= 11 is 0.